The number of hydrogen-bond acceptors (Lipinski definition) is 6. The SMILES string of the molecule is CC1C(c2cccc[n+]2C)C2(C)CCN1CC2.CC1C(c2cccc[n+]2C)C2(C)CCN1c1ccccc12.CC1C(c2cccc[n+]2C)C2CCN1CC2.CC1CC2(C)CCN1C(C)C2c1cccc[n+]1C.CC1N2CC3CC(C2)CC1(c1cccc[n+]1C)C3.CC1N2CC3CC(CC1(c1cccc[n+]1C)C3)C2(C)C. The Labute approximate surface area is 664 Å². The molecule has 1 aromatic carbocycles. The first-order chi connectivity index (χ1) is 52.7. The van der Waals surface area contributed by atoms with Gasteiger partial charge in [-0.3, -0.25) is 24.5 Å². The molecular formula is C98H142N12+6. The highest BCUT2D eigenvalue weighted by molar-refractivity contribution is 5.64. The van der Waals surface area contributed by atoms with Crippen LogP contribution in [0.2, 0.25) is 0 Å². The lowest BCUT2D eigenvalue weighted by molar-refractivity contribution is -0.684. The minimum atomic E-state index is 0.240. The van der Waals surface area contributed by atoms with E-state index in [0.717, 1.165) is 53.6 Å². The fourth-order valence-corrected chi connectivity index (χ4v) is 28.0. The third-order valence-electron chi connectivity index (χ3n) is 33.8. The van der Waals surface area contributed by atoms with Crippen LogP contribution in [0.15, 0.2) is 171 Å². The summed E-state index contributed by atoms with van der Waals surface area (Å²) in [6.07, 6.45) is 31.2. The lowest BCUT2D eigenvalue weighted by Gasteiger charge is -2.67. The van der Waals surface area contributed by atoms with Gasteiger partial charge in [0, 0.05) is 158 Å². The molecule has 2 saturated carbocycles. The van der Waals surface area contributed by atoms with E-state index in [0.29, 0.717) is 69.1 Å². The molecule has 6 aromatic heterocycles. The molecule has 18 aliphatic heterocycles. The summed E-state index contributed by atoms with van der Waals surface area (Å²) in [6, 6.07) is 53.7. The Hall–Kier alpha value is -6.28. The molecule has 24 heterocycles. The van der Waals surface area contributed by atoms with Crippen molar-refractivity contribution in [3.63, 3.8) is 0 Å². The summed E-state index contributed by atoms with van der Waals surface area (Å²) in [7, 11) is 13.2. The largest absolute Gasteiger partial charge is 0.368 e. The molecule has 0 amide bonds. The van der Waals surface area contributed by atoms with Gasteiger partial charge >= 0.3 is 0 Å². The number of rotatable bonds is 6. The Balaban J connectivity index is 0.000000100. The van der Waals surface area contributed by atoms with E-state index >= 15 is 0 Å². The van der Waals surface area contributed by atoms with E-state index in [4.69, 9.17) is 0 Å². The number of benzene rings is 1. The van der Waals surface area contributed by atoms with Crippen molar-refractivity contribution in [3.8, 4) is 0 Å². The van der Waals surface area contributed by atoms with Crippen LogP contribution in [-0.2, 0) is 58.5 Å². The quantitative estimate of drug-likeness (QED) is 0.155. The Bertz CT molecular complexity index is 4380. The van der Waals surface area contributed by atoms with Gasteiger partial charge in [0.15, 0.2) is 71.3 Å². The van der Waals surface area contributed by atoms with E-state index < -0.39 is 0 Å². The number of aromatic nitrogens is 6. The van der Waals surface area contributed by atoms with E-state index in [9.17, 15) is 0 Å². The van der Waals surface area contributed by atoms with Crippen LogP contribution in [0.4, 0.5) is 5.69 Å². The molecule has 2 aliphatic carbocycles. The van der Waals surface area contributed by atoms with E-state index in [1.54, 1.807) is 11.4 Å². The van der Waals surface area contributed by atoms with Gasteiger partial charge in [0.2, 0.25) is 0 Å². The number of para-hydroxylation sites is 1. The van der Waals surface area contributed by atoms with Gasteiger partial charge in [-0.1, -0.05) is 75.4 Å². The average molecular weight is 1490 g/mol. The van der Waals surface area contributed by atoms with E-state index in [1.165, 1.54) is 176 Å². The van der Waals surface area contributed by atoms with Crippen LogP contribution in [0.1, 0.15) is 230 Å². The van der Waals surface area contributed by atoms with Crippen LogP contribution in [0.5, 0.6) is 0 Å². The van der Waals surface area contributed by atoms with Crippen molar-refractivity contribution in [2.75, 3.05) is 63.8 Å². The molecule has 20 atom stereocenters. The van der Waals surface area contributed by atoms with Crippen molar-refractivity contribution < 1.29 is 27.4 Å². The van der Waals surface area contributed by atoms with Gasteiger partial charge in [0.1, 0.15) is 42.3 Å². The van der Waals surface area contributed by atoms with Crippen molar-refractivity contribution in [2.45, 2.75) is 254 Å². The van der Waals surface area contributed by atoms with Crippen LogP contribution >= 0.6 is 0 Å². The summed E-state index contributed by atoms with van der Waals surface area (Å²) < 4.78 is 14.0. The Morgan fingerprint density at radius 1 is 0.373 bits per heavy atom. The van der Waals surface area contributed by atoms with Crippen LogP contribution < -0.4 is 32.3 Å². The molecule has 27 rings (SSSR count). The Morgan fingerprint density at radius 2 is 0.836 bits per heavy atom. The van der Waals surface area contributed by atoms with Gasteiger partial charge in [-0.15, -0.1) is 0 Å². The van der Waals surface area contributed by atoms with Crippen LogP contribution in [0.3, 0.4) is 0 Å². The fourth-order valence-electron chi connectivity index (χ4n) is 28.0. The van der Waals surface area contributed by atoms with Gasteiger partial charge < -0.3 is 4.90 Å². The van der Waals surface area contributed by atoms with Gasteiger partial charge in [0.05, 0.1) is 34.5 Å². The van der Waals surface area contributed by atoms with Gasteiger partial charge in [0.25, 0.3) is 0 Å². The summed E-state index contributed by atoms with van der Waals surface area (Å²) in [4.78, 5) is 16.2. The molecule has 20 aliphatic rings. The molecule has 0 radical (unpaired) electrons. The van der Waals surface area contributed by atoms with E-state index in [-0.39, 0.29) is 5.41 Å². The predicted octanol–water partition coefficient (Wildman–Crippen LogP) is 14.0. The van der Waals surface area contributed by atoms with Gasteiger partial charge in [-0.05, 0) is 231 Å². The molecule has 0 N–H and O–H groups in total. The molecule has 588 valence electrons. The van der Waals surface area contributed by atoms with E-state index in [2.05, 4.69) is 353 Å². The highest BCUT2D eigenvalue weighted by atomic mass is 15.3. The standard InChI is InChI=1S/C19H23N2.C18H27N2.C16H23N2.C16H25N2.C15H23N2.C14H21N2/c1-14-18(17-10-6-7-12-20(17)3)19(2)11-13-21(14)16-9-5-4-8-15(16)19;1-13-18(16-7-5-6-8-19(16)4)10-14-9-15(11-18)17(2,3)20(13)12-14;1-12-16(15-5-3-4-6-17(15)2)8-13-7-14(9-16)11-18(12)10-13;1-12-11-16(3)8-10-18(12)13(2)15(16)14-7-5-6-9-17(14)4;1-12-14(13-6-4-5-9-16(13)3)15(2)7-10-17(12)11-8-15;1-11-14(12-6-9-16(11)10-7-12)13-5-3-4-8-15(13)2/h4-10,12,14,18H,11,13H2,1-3H3;5-8,13-15H,9-12H2,1-4H3;3-6,12-14H,7-11H2,1-2H3;5-7,9,12-13,15H,8,10-11H2,1-4H3;4-6,9,12,14H,7-8,10-11H2,1-3H3;3-5,8,11-12,14H,6-7,9-10H2,1-2H3/q6*+1. The molecule has 0 spiro atoms. The smallest absolute Gasteiger partial charge is 0.188 e. The number of anilines is 1. The first-order valence-electron chi connectivity index (χ1n) is 44.0. The van der Waals surface area contributed by atoms with Crippen molar-refractivity contribution in [2.24, 2.45) is 82.7 Å². The summed E-state index contributed by atoms with van der Waals surface area (Å²) in [5, 5.41) is 0. The number of aryl methyl sites for hydroxylation is 6. The minimum Gasteiger partial charge on any atom is -0.368 e. The molecule has 20 unspecified atom stereocenters. The predicted molar refractivity (Wildman–Crippen MR) is 443 cm³/mol. The number of fused-ring (bicyclic) bond motifs is 11. The molecule has 16 bridgehead atoms. The average Bonchev–Trinajstić information content (AvgIpc) is 0.697. The lowest BCUT2D eigenvalue weighted by atomic mass is 9.50. The van der Waals surface area contributed by atoms with Crippen molar-refractivity contribution in [1.29, 1.82) is 0 Å². The summed E-state index contributed by atoms with van der Waals surface area (Å²) in [6.45, 7) is 41.1. The first kappa shape index (κ1) is 77.6. The third-order valence-corrected chi connectivity index (χ3v) is 33.8. The minimum absolute atomic E-state index is 0.240. The molecule has 110 heavy (non-hydrogen) atoms. The zero-order chi connectivity index (χ0) is 77.1. The summed E-state index contributed by atoms with van der Waals surface area (Å²) in [5.74, 6) is 7.26. The molecule has 16 saturated heterocycles. The van der Waals surface area contributed by atoms with Gasteiger partial charge in [-0.25, -0.2) is 27.4 Å². The van der Waals surface area contributed by atoms with Crippen molar-refractivity contribution >= 4 is 5.69 Å². The monoisotopic (exact) mass is 1490 g/mol. The number of pyridine rings is 6. The first-order valence-corrected chi connectivity index (χ1v) is 44.0. The summed E-state index contributed by atoms with van der Waals surface area (Å²) in [5.41, 5.74) is 14.5. The lowest BCUT2D eigenvalue weighted by Crippen LogP contribution is -2.74. The Morgan fingerprint density at radius 3 is 1.35 bits per heavy atom. The zero-order valence-electron chi connectivity index (χ0n) is 71.3. The van der Waals surface area contributed by atoms with Gasteiger partial charge in [-0.2, -0.15) is 0 Å². The molecule has 7 aromatic rings. The molecule has 12 heteroatoms. The maximum absolute atomic E-state index is 2.83. The zero-order valence-corrected chi connectivity index (χ0v) is 71.3. The highest BCUT2D eigenvalue weighted by Crippen LogP contribution is 2.62. The van der Waals surface area contributed by atoms with Crippen LogP contribution in [0, 0.1) is 40.4 Å². The van der Waals surface area contributed by atoms with E-state index in [1.807, 2.05) is 0 Å². The number of hydrogen-bond donors (Lipinski definition) is 0. The Kier molecular flexibility index (Phi) is 21.3. The maximum Gasteiger partial charge on any atom is 0.188 e. The summed E-state index contributed by atoms with van der Waals surface area (Å²) >= 11 is 0. The molecule has 12 nitrogen and oxygen atoms in total. The number of piperidine rings is 16. The van der Waals surface area contributed by atoms with Crippen molar-refractivity contribution in [3.05, 3.63) is 210 Å². The van der Waals surface area contributed by atoms with Crippen LogP contribution in [0.25, 0.3) is 0 Å². The van der Waals surface area contributed by atoms with Crippen molar-refractivity contribution in [1.82, 2.24) is 24.5 Å². The number of nitrogens with zero attached hydrogens (tertiary/aromatic N) is 12. The fraction of sp³-hybridized carbons (Fsp3) is 0.633. The second kappa shape index (κ2) is 30.2. The molecular weight excluding hydrogens is 1350 g/mol. The second-order valence-electron chi connectivity index (χ2n) is 39.9. The normalized spacial score (nSPS) is 40.2. The maximum atomic E-state index is 2.83. The third kappa shape index (κ3) is 13.4. The topological polar surface area (TPSA) is 42.7 Å². The second-order valence-corrected chi connectivity index (χ2v) is 39.9. The highest BCUT2D eigenvalue weighted by Gasteiger charge is 2.65. The van der Waals surface area contributed by atoms with Crippen LogP contribution in [-0.4, -0.2) is 131 Å². The molecule has 18 fully saturated rings.